The lowest BCUT2D eigenvalue weighted by atomic mass is 10.1. The first-order valence-electron chi connectivity index (χ1n) is 7.77. The number of fused-ring (bicyclic) bond motifs is 1. The number of nitro groups is 1. The minimum atomic E-state index is -0.484. The Morgan fingerprint density at radius 3 is 2.92 bits per heavy atom. The van der Waals surface area contributed by atoms with Gasteiger partial charge in [0.05, 0.1) is 16.3 Å². The van der Waals surface area contributed by atoms with Crippen LogP contribution < -0.4 is 0 Å². The molecule has 0 saturated carbocycles. The van der Waals surface area contributed by atoms with E-state index in [2.05, 4.69) is 0 Å². The number of thioether (sulfide) groups is 1. The molecule has 2 aliphatic rings. The Kier molecular flexibility index (Phi) is 4.25. The molecular formula is C16H19N3O4S. The molecule has 0 bridgehead atoms. The predicted molar refractivity (Wildman–Crippen MR) is 90.3 cm³/mol. The number of benzene rings is 1. The summed E-state index contributed by atoms with van der Waals surface area (Å²) in [4.78, 5) is 38.5. The number of para-hydroxylation sites is 1. The maximum atomic E-state index is 12.8. The molecule has 2 amide bonds. The normalized spacial score (nSPS) is 25.7. The van der Waals surface area contributed by atoms with Gasteiger partial charge in [-0.25, -0.2) is 0 Å². The highest BCUT2D eigenvalue weighted by molar-refractivity contribution is 8.01. The van der Waals surface area contributed by atoms with E-state index < -0.39 is 11.0 Å². The van der Waals surface area contributed by atoms with E-state index in [-0.39, 0.29) is 28.9 Å². The number of hydrogen-bond donors (Lipinski definition) is 0. The zero-order valence-corrected chi connectivity index (χ0v) is 14.4. The molecule has 2 aliphatic heterocycles. The van der Waals surface area contributed by atoms with Crippen LogP contribution in [-0.2, 0) is 16.1 Å². The van der Waals surface area contributed by atoms with Crippen molar-refractivity contribution >= 4 is 29.3 Å². The molecule has 1 aromatic carbocycles. The van der Waals surface area contributed by atoms with Gasteiger partial charge in [0.2, 0.25) is 11.8 Å². The maximum Gasteiger partial charge on any atom is 0.274 e. The van der Waals surface area contributed by atoms with Crippen LogP contribution in [0.4, 0.5) is 5.69 Å². The summed E-state index contributed by atoms with van der Waals surface area (Å²) in [5, 5.41) is 11.1. The van der Waals surface area contributed by atoms with Crippen molar-refractivity contribution in [1.29, 1.82) is 0 Å². The van der Waals surface area contributed by atoms with Crippen LogP contribution >= 0.6 is 11.8 Å². The first-order chi connectivity index (χ1) is 11.3. The van der Waals surface area contributed by atoms with Gasteiger partial charge in [0.25, 0.3) is 5.69 Å². The Balaban J connectivity index is 1.77. The Labute approximate surface area is 144 Å². The van der Waals surface area contributed by atoms with Crippen molar-refractivity contribution in [2.24, 2.45) is 0 Å². The molecule has 128 valence electrons. The summed E-state index contributed by atoms with van der Waals surface area (Å²) in [6, 6.07) is 5.91. The Bertz CT molecular complexity index is 710. The first kappa shape index (κ1) is 16.8. The third-order valence-corrected chi connectivity index (χ3v) is 6.21. The van der Waals surface area contributed by atoms with Gasteiger partial charge in [-0.15, -0.1) is 11.8 Å². The zero-order chi connectivity index (χ0) is 17.5. The molecule has 0 aliphatic carbocycles. The summed E-state index contributed by atoms with van der Waals surface area (Å²) < 4.78 is 0. The van der Waals surface area contributed by atoms with E-state index in [4.69, 9.17) is 0 Å². The number of nitrogens with zero attached hydrogens (tertiary/aromatic N) is 3. The molecule has 1 aromatic rings. The van der Waals surface area contributed by atoms with E-state index >= 15 is 0 Å². The van der Waals surface area contributed by atoms with E-state index in [1.165, 1.54) is 11.0 Å². The van der Waals surface area contributed by atoms with Gasteiger partial charge >= 0.3 is 0 Å². The quantitative estimate of drug-likeness (QED) is 0.613. The van der Waals surface area contributed by atoms with Crippen molar-refractivity contribution in [3.8, 4) is 0 Å². The fourth-order valence-corrected chi connectivity index (χ4v) is 4.84. The standard InChI is InChI=1S/C16H19N3O4S/c1-16-8-7-14(20)18(16)13(10-24-16)15(21)17(2)9-11-5-3-4-6-12(11)19(22)23/h3-6,13H,7-10H2,1-2H3. The number of carbonyl (C=O) groups is 2. The largest absolute Gasteiger partial charge is 0.339 e. The average Bonchev–Trinajstić information content (AvgIpc) is 3.03. The van der Waals surface area contributed by atoms with Crippen LogP contribution in [0.1, 0.15) is 25.3 Å². The fraction of sp³-hybridized carbons (Fsp3) is 0.500. The van der Waals surface area contributed by atoms with Gasteiger partial charge in [-0.2, -0.15) is 0 Å². The lowest BCUT2D eigenvalue weighted by molar-refractivity contribution is -0.385. The van der Waals surface area contributed by atoms with Crippen LogP contribution in [0.25, 0.3) is 0 Å². The van der Waals surface area contributed by atoms with E-state index in [1.807, 2.05) is 6.92 Å². The summed E-state index contributed by atoms with van der Waals surface area (Å²) in [5.41, 5.74) is 0.486. The van der Waals surface area contributed by atoms with Crippen molar-refractivity contribution in [3.05, 3.63) is 39.9 Å². The summed E-state index contributed by atoms with van der Waals surface area (Å²) in [7, 11) is 1.62. The zero-order valence-electron chi connectivity index (χ0n) is 13.6. The van der Waals surface area contributed by atoms with Crippen molar-refractivity contribution in [2.45, 2.75) is 37.2 Å². The molecule has 2 heterocycles. The van der Waals surface area contributed by atoms with Gasteiger partial charge in [0.1, 0.15) is 6.04 Å². The lowest BCUT2D eigenvalue weighted by Crippen LogP contribution is -2.50. The van der Waals surface area contributed by atoms with E-state index in [9.17, 15) is 19.7 Å². The molecule has 0 spiro atoms. The number of nitro benzene ring substituents is 1. The Morgan fingerprint density at radius 2 is 2.21 bits per heavy atom. The van der Waals surface area contributed by atoms with Crippen molar-refractivity contribution in [2.75, 3.05) is 12.8 Å². The van der Waals surface area contributed by atoms with Crippen LogP contribution in [0, 0.1) is 10.1 Å². The second-order valence-electron chi connectivity index (χ2n) is 6.35. The highest BCUT2D eigenvalue weighted by Gasteiger charge is 2.53. The smallest absolute Gasteiger partial charge is 0.274 e. The van der Waals surface area contributed by atoms with Gasteiger partial charge in [0, 0.05) is 30.9 Å². The van der Waals surface area contributed by atoms with Gasteiger partial charge in [0.15, 0.2) is 0 Å². The molecule has 2 saturated heterocycles. The van der Waals surface area contributed by atoms with Crippen LogP contribution in [0.2, 0.25) is 0 Å². The topological polar surface area (TPSA) is 83.8 Å². The SMILES string of the molecule is CN(Cc1ccccc1[N+](=O)[O-])C(=O)C1CSC2(C)CCC(=O)N12. The Morgan fingerprint density at radius 1 is 1.50 bits per heavy atom. The molecule has 2 atom stereocenters. The fourth-order valence-electron chi connectivity index (χ4n) is 3.41. The van der Waals surface area contributed by atoms with E-state index in [0.717, 1.165) is 6.42 Å². The number of carbonyl (C=O) groups excluding carboxylic acids is 2. The molecule has 7 nitrogen and oxygen atoms in total. The number of likely N-dealkylation sites (N-methyl/N-ethyl adjacent to an activating group) is 1. The van der Waals surface area contributed by atoms with Crippen molar-refractivity contribution in [1.82, 2.24) is 9.80 Å². The van der Waals surface area contributed by atoms with Crippen LogP contribution in [0.5, 0.6) is 0 Å². The second kappa shape index (κ2) is 6.08. The molecule has 0 aromatic heterocycles. The van der Waals surface area contributed by atoms with Gasteiger partial charge in [-0.05, 0) is 13.3 Å². The summed E-state index contributed by atoms with van der Waals surface area (Å²) >= 11 is 1.64. The number of amides is 2. The summed E-state index contributed by atoms with van der Waals surface area (Å²) in [6.45, 7) is 2.15. The molecule has 0 radical (unpaired) electrons. The minimum absolute atomic E-state index is 0.0000316. The van der Waals surface area contributed by atoms with Crippen LogP contribution in [0.3, 0.4) is 0 Å². The predicted octanol–water partition coefficient (Wildman–Crippen LogP) is 2.01. The van der Waals surface area contributed by atoms with Gasteiger partial charge < -0.3 is 9.80 Å². The van der Waals surface area contributed by atoms with Crippen LogP contribution in [-0.4, -0.2) is 50.3 Å². The van der Waals surface area contributed by atoms with E-state index in [0.29, 0.717) is 17.7 Å². The summed E-state index contributed by atoms with van der Waals surface area (Å²) in [5.74, 6) is 0.419. The van der Waals surface area contributed by atoms with E-state index in [1.54, 1.807) is 41.9 Å². The van der Waals surface area contributed by atoms with Crippen LogP contribution in [0.15, 0.2) is 24.3 Å². The molecular weight excluding hydrogens is 330 g/mol. The second-order valence-corrected chi connectivity index (χ2v) is 7.85. The number of hydrogen-bond acceptors (Lipinski definition) is 5. The highest BCUT2D eigenvalue weighted by Crippen LogP contribution is 2.47. The van der Waals surface area contributed by atoms with Crippen molar-refractivity contribution < 1.29 is 14.5 Å². The molecule has 0 N–H and O–H groups in total. The number of rotatable bonds is 4. The molecule has 24 heavy (non-hydrogen) atoms. The molecule has 2 unspecified atom stereocenters. The molecule has 2 fully saturated rings. The highest BCUT2D eigenvalue weighted by atomic mass is 32.2. The average molecular weight is 349 g/mol. The third-order valence-electron chi connectivity index (χ3n) is 4.70. The Hall–Kier alpha value is -2.09. The monoisotopic (exact) mass is 349 g/mol. The third kappa shape index (κ3) is 2.75. The minimum Gasteiger partial charge on any atom is -0.339 e. The molecule has 3 rings (SSSR count). The first-order valence-corrected chi connectivity index (χ1v) is 8.75. The van der Waals surface area contributed by atoms with Crippen molar-refractivity contribution in [3.63, 3.8) is 0 Å². The molecule has 8 heteroatoms. The van der Waals surface area contributed by atoms with Gasteiger partial charge in [-0.3, -0.25) is 19.7 Å². The van der Waals surface area contributed by atoms with Gasteiger partial charge in [-0.1, -0.05) is 18.2 Å². The lowest BCUT2D eigenvalue weighted by Gasteiger charge is -2.31. The summed E-state index contributed by atoms with van der Waals surface area (Å²) in [6.07, 6.45) is 1.23. The maximum absolute atomic E-state index is 12.8.